The fourth-order valence-corrected chi connectivity index (χ4v) is 1.77. The molecule has 1 aliphatic rings. The van der Waals surface area contributed by atoms with Crippen LogP contribution >= 0.6 is 23.8 Å². The highest BCUT2D eigenvalue weighted by atomic mass is 35.5. The molecule has 0 N–H and O–H groups in total. The number of hydrogen-bond donors (Lipinski definition) is 0. The summed E-state index contributed by atoms with van der Waals surface area (Å²) < 4.78 is 0. The number of halogens is 1. The predicted octanol–water partition coefficient (Wildman–Crippen LogP) is 2.94. The summed E-state index contributed by atoms with van der Waals surface area (Å²) in [6.45, 7) is 0.497. The van der Waals surface area contributed by atoms with Gasteiger partial charge >= 0.3 is 0 Å². The van der Waals surface area contributed by atoms with E-state index in [4.69, 9.17) is 16.4 Å². The third-order valence-electron chi connectivity index (χ3n) is 2.25. The SMILES string of the molecule is S=C=NCC1CC(c2cccc(Cl)c2)=NO1. The van der Waals surface area contributed by atoms with Gasteiger partial charge in [-0.1, -0.05) is 28.9 Å². The van der Waals surface area contributed by atoms with E-state index >= 15 is 0 Å². The normalized spacial score (nSPS) is 18.6. The Kier molecular flexibility index (Phi) is 3.67. The fraction of sp³-hybridized carbons (Fsp3) is 0.273. The van der Waals surface area contributed by atoms with Crippen molar-refractivity contribution in [3.63, 3.8) is 0 Å². The first-order valence-corrected chi connectivity index (χ1v) is 5.60. The van der Waals surface area contributed by atoms with Crippen LogP contribution in [0.15, 0.2) is 34.4 Å². The van der Waals surface area contributed by atoms with Crippen LogP contribution in [0.1, 0.15) is 12.0 Å². The molecule has 1 heterocycles. The quantitative estimate of drug-likeness (QED) is 0.612. The number of thiocarbonyl (C=S) groups is 1. The lowest BCUT2D eigenvalue weighted by Crippen LogP contribution is -2.11. The van der Waals surface area contributed by atoms with Crippen molar-refractivity contribution in [1.82, 2.24) is 0 Å². The molecule has 0 amide bonds. The van der Waals surface area contributed by atoms with Gasteiger partial charge in [-0.3, -0.25) is 0 Å². The molecule has 1 aromatic rings. The molecule has 0 spiro atoms. The zero-order valence-corrected chi connectivity index (χ0v) is 9.96. The van der Waals surface area contributed by atoms with Crippen molar-refractivity contribution in [2.75, 3.05) is 6.54 Å². The average molecular weight is 253 g/mol. The third-order valence-corrected chi connectivity index (χ3v) is 2.61. The minimum absolute atomic E-state index is 0.0376. The Hall–Kier alpha value is -1.22. The number of oxime groups is 1. The van der Waals surface area contributed by atoms with Gasteiger partial charge in [-0.25, -0.2) is 4.99 Å². The van der Waals surface area contributed by atoms with E-state index in [1.54, 1.807) is 0 Å². The standard InChI is InChI=1S/C11H9ClN2OS/c12-9-3-1-2-8(4-9)11-5-10(15-14-11)6-13-7-16/h1-4,10H,5-6H2. The molecule has 0 bridgehead atoms. The smallest absolute Gasteiger partial charge is 0.153 e. The van der Waals surface area contributed by atoms with E-state index in [-0.39, 0.29) is 6.10 Å². The largest absolute Gasteiger partial charge is 0.390 e. The van der Waals surface area contributed by atoms with Crippen molar-refractivity contribution < 1.29 is 4.84 Å². The number of isothiocyanates is 1. The first kappa shape index (κ1) is 11.3. The minimum Gasteiger partial charge on any atom is -0.390 e. The highest BCUT2D eigenvalue weighted by Gasteiger charge is 2.21. The third kappa shape index (κ3) is 2.67. The number of rotatable bonds is 3. The van der Waals surface area contributed by atoms with Crippen LogP contribution in [0.2, 0.25) is 5.02 Å². The molecule has 0 saturated carbocycles. The Morgan fingerprint density at radius 1 is 1.62 bits per heavy atom. The summed E-state index contributed by atoms with van der Waals surface area (Å²) in [7, 11) is 0. The topological polar surface area (TPSA) is 34.0 Å². The molecule has 3 nitrogen and oxygen atoms in total. The predicted molar refractivity (Wildman–Crippen MR) is 67.4 cm³/mol. The van der Waals surface area contributed by atoms with Gasteiger partial charge in [0.05, 0.1) is 17.4 Å². The molecule has 0 aliphatic carbocycles. The van der Waals surface area contributed by atoms with Gasteiger partial charge in [-0.15, -0.1) is 0 Å². The van der Waals surface area contributed by atoms with Crippen molar-refractivity contribution >= 4 is 34.7 Å². The summed E-state index contributed by atoms with van der Waals surface area (Å²) in [5.41, 5.74) is 1.88. The lowest BCUT2D eigenvalue weighted by atomic mass is 10.1. The van der Waals surface area contributed by atoms with Crippen LogP contribution in [-0.4, -0.2) is 23.5 Å². The molecule has 0 fully saturated rings. The lowest BCUT2D eigenvalue weighted by Gasteiger charge is -2.02. The molecular formula is C11H9ClN2OS. The van der Waals surface area contributed by atoms with Crippen molar-refractivity contribution in [1.29, 1.82) is 0 Å². The number of benzene rings is 1. The Morgan fingerprint density at radius 3 is 3.25 bits per heavy atom. The van der Waals surface area contributed by atoms with Gasteiger partial charge in [0.25, 0.3) is 0 Å². The second-order valence-corrected chi connectivity index (χ2v) is 4.03. The first-order chi connectivity index (χ1) is 7.79. The van der Waals surface area contributed by atoms with Crippen molar-refractivity contribution in [3.05, 3.63) is 34.9 Å². The molecule has 1 unspecified atom stereocenters. The van der Waals surface area contributed by atoms with Crippen LogP contribution in [0.25, 0.3) is 0 Å². The van der Waals surface area contributed by atoms with Crippen LogP contribution < -0.4 is 0 Å². The molecule has 1 aromatic carbocycles. The second-order valence-electron chi connectivity index (χ2n) is 3.41. The molecule has 0 aromatic heterocycles. The van der Waals surface area contributed by atoms with Gasteiger partial charge in [-0.05, 0) is 24.4 Å². The summed E-state index contributed by atoms with van der Waals surface area (Å²) in [6.07, 6.45) is 0.686. The lowest BCUT2D eigenvalue weighted by molar-refractivity contribution is 0.0924. The number of nitrogens with zero attached hydrogens (tertiary/aromatic N) is 2. The van der Waals surface area contributed by atoms with E-state index in [1.807, 2.05) is 24.3 Å². The summed E-state index contributed by atoms with van der Waals surface area (Å²) >= 11 is 10.4. The number of hydrogen-bond acceptors (Lipinski definition) is 4. The van der Waals surface area contributed by atoms with Gasteiger partial charge in [0.15, 0.2) is 6.10 Å². The van der Waals surface area contributed by atoms with Crippen LogP contribution in [0.4, 0.5) is 0 Å². The van der Waals surface area contributed by atoms with E-state index < -0.39 is 0 Å². The van der Waals surface area contributed by atoms with E-state index in [1.165, 1.54) is 0 Å². The zero-order valence-electron chi connectivity index (χ0n) is 8.39. The van der Waals surface area contributed by atoms with Crippen LogP contribution in [-0.2, 0) is 4.84 Å². The maximum absolute atomic E-state index is 5.91. The van der Waals surface area contributed by atoms with Crippen molar-refractivity contribution in [3.8, 4) is 0 Å². The van der Waals surface area contributed by atoms with Crippen molar-refractivity contribution in [2.45, 2.75) is 12.5 Å². The van der Waals surface area contributed by atoms with Gasteiger partial charge in [0, 0.05) is 17.0 Å². The molecule has 2 rings (SSSR count). The van der Waals surface area contributed by atoms with Crippen LogP contribution in [0.5, 0.6) is 0 Å². The van der Waals surface area contributed by atoms with E-state index in [0.717, 1.165) is 17.7 Å². The Morgan fingerprint density at radius 2 is 2.50 bits per heavy atom. The van der Waals surface area contributed by atoms with E-state index in [0.29, 0.717) is 11.6 Å². The summed E-state index contributed by atoms with van der Waals surface area (Å²) in [5, 5.41) is 7.03. The minimum atomic E-state index is -0.0376. The molecule has 0 radical (unpaired) electrons. The average Bonchev–Trinajstić information content (AvgIpc) is 2.75. The van der Waals surface area contributed by atoms with Gasteiger partial charge in [-0.2, -0.15) is 0 Å². The molecule has 82 valence electrons. The molecule has 16 heavy (non-hydrogen) atoms. The second kappa shape index (κ2) is 5.21. The molecule has 1 atom stereocenters. The van der Waals surface area contributed by atoms with Gasteiger partial charge < -0.3 is 4.84 Å². The highest BCUT2D eigenvalue weighted by Crippen LogP contribution is 2.19. The maximum atomic E-state index is 5.91. The maximum Gasteiger partial charge on any atom is 0.153 e. The zero-order chi connectivity index (χ0) is 11.4. The van der Waals surface area contributed by atoms with Crippen LogP contribution in [0.3, 0.4) is 0 Å². The summed E-state index contributed by atoms with van der Waals surface area (Å²) in [4.78, 5) is 9.07. The molecule has 1 aliphatic heterocycles. The number of aliphatic imine (C=N–C) groups is 1. The fourth-order valence-electron chi connectivity index (χ4n) is 1.50. The first-order valence-electron chi connectivity index (χ1n) is 4.82. The van der Waals surface area contributed by atoms with Gasteiger partial charge in [0.2, 0.25) is 0 Å². The summed E-state index contributed by atoms with van der Waals surface area (Å²) in [5.74, 6) is 0. The molecule has 5 heteroatoms. The van der Waals surface area contributed by atoms with Gasteiger partial charge in [0.1, 0.15) is 0 Å². The van der Waals surface area contributed by atoms with E-state index in [2.05, 4.69) is 27.5 Å². The molecule has 0 saturated heterocycles. The Labute approximate surface area is 104 Å². The Balaban J connectivity index is 2.05. The molecular weight excluding hydrogens is 244 g/mol. The summed E-state index contributed by atoms with van der Waals surface area (Å²) in [6, 6.07) is 7.55. The Bertz CT molecular complexity index is 469. The monoisotopic (exact) mass is 252 g/mol. The van der Waals surface area contributed by atoms with Crippen molar-refractivity contribution in [2.24, 2.45) is 10.1 Å². The van der Waals surface area contributed by atoms with Crippen LogP contribution in [0, 0.1) is 0 Å². The van der Waals surface area contributed by atoms with E-state index in [9.17, 15) is 0 Å². The highest BCUT2D eigenvalue weighted by molar-refractivity contribution is 7.78.